The normalized spacial score (nSPS) is 12.1. The van der Waals surface area contributed by atoms with Gasteiger partial charge in [0.15, 0.2) is 5.16 Å². The molecule has 1 heterocycles. The second-order valence-electron chi connectivity index (χ2n) is 7.20. The number of amides is 1. The molecule has 8 heteroatoms. The minimum absolute atomic E-state index is 0.0718. The van der Waals surface area contributed by atoms with Crippen molar-refractivity contribution in [3.8, 4) is 0 Å². The fourth-order valence-corrected chi connectivity index (χ4v) is 4.59. The molecule has 1 atom stereocenters. The lowest BCUT2D eigenvalue weighted by Gasteiger charge is -2.22. The summed E-state index contributed by atoms with van der Waals surface area (Å²) in [6.07, 6.45) is 0.666. The second-order valence-corrected chi connectivity index (χ2v) is 8.71. The van der Waals surface area contributed by atoms with Gasteiger partial charge in [0, 0.05) is 38.9 Å². The van der Waals surface area contributed by atoms with Gasteiger partial charge in [-0.3, -0.25) is 14.2 Å². The van der Waals surface area contributed by atoms with E-state index in [9.17, 15) is 9.59 Å². The fourth-order valence-electron chi connectivity index (χ4n) is 3.16. The van der Waals surface area contributed by atoms with Crippen molar-refractivity contribution in [2.45, 2.75) is 30.3 Å². The van der Waals surface area contributed by atoms with Crippen molar-refractivity contribution >= 4 is 40.2 Å². The zero-order valence-corrected chi connectivity index (χ0v) is 19.4. The van der Waals surface area contributed by atoms with Gasteiger partial charge in [-0.25, -0.2) is 4.98 Å². The van der Waals surface area contributed by atoms with Crippen LogP contribution < -0.4 is 5.56 Å². The number of carbonyl (C=O) groups excluding carboxylic acids is 1. The van der Waals surface area contributed by atoms with Crippen molar-refractivity contribution in [1.29, 1.82) is 0 Å². The lowest BCUT2D eigenvalue weighted by molar-refractivity contribution is -0.128. The maximum absolute atomic E-state index is 13.3. The zero-order chi connectivity index (χ0) is 22.4. The van der Waals surface area contributed by atoms with Crippen LogP contribution >= 0.6 is 23.4 Å². The molecule has 0 saturated carbocycles. The molecular weight excluding hydrogens is 434 g/mol. The summed E-state index contributed by atoms with van der Waals surface area (Å²) in [5.74, 6) is -0.0718. The van der Waals surface area contributed by atoms with Gasteiger partial charge in [-0.05, 0) is 37.1 Å². The molecule has 3 aromatic rings. The Bertz CT molecular complexity index is 1100. The first-order valence-corrected chi connectivity index (χ1v) is 11.4. The van der Waals surface area contributed by atoms with Gasteiger partial charge in [-0.1, -0.05) is 53.7 Å². The number of fused-ring (bicyclic) bond motifs is 1. The first kappa shape index (κ1) is 23.3. The molecule has 164 valence electrons. The number of rotatable bonds is 9. The molecule has 0 aliphatic carbocycles. The van der Waals surface area contributed by atoms with E-state index in [4.69, 9.17) is 21.3 Å². The number of ether oxygens (including phenoxy) is 1. The lowest BCUT2D eigenvalue weighted by Crippen LogP contribution is -2.29. The minimum Gasteiger partial charge on any atom is -0.382 e. The smallest absolute Gasteiger partial charge is 0.262 e. The molecule has 0 spiro atoms. The number of hydrogen-bond acceptors (Lipinski definition) is 5. The molecular formula is C23H26ClN3O3S. The second kappa shape index (κ2) is 10.8. The van der Waals surface area contributed by atoms with Crippen molar-refractivity contribution < 1.29 is 9.53 Å². The molecule has 0 bridgehead atoms. The number of hydrogen-bond donors (Lipinski definition) is 0. The summed E-state index contributed by atoms with van der Waals surface area (Å²) < 4.78 is 7.08. The van der Waals surface area contributed by atoms with Crippen molar-refractivity contribution in [3.05, 3.63) is 69.5 Å². The van der Waals surface area contributed by atoms with Crippen LogP contribution in [0.1, 0.15) is 24.2 Å². The summed E-state index contributed by atoms with van der Waals surface area (Å²) in [6, 6.07) is 14.6. The highest BCUT2D eigenvalue weighted by Crippen LogP contribution is 2.36. The molecule has 0 aliphatic rings. The first-order chi connectivity index (χ1) is 14.9. The first-order valence-electron chi connectivity index (χ1n) is 10.1. The zero-order valence-electron chi connectivity index (χ0n) is 17.9. The summed E-state index contributed by atoms with van der Waals surface area (Å²) >= 11 is 7.42. The average Bonchev–Trinajstić information content (AvgIpc) is 2.76. The van der Waals surface area contributed by atoms with E-state index in [1.54, 1.807) is 41.8 Å². The standard InChI is InChI=1S/C23H26ClN3O3S/c1-4-30-14-8-13-27-21(28)18-12-11-17(24)15-19(18)25-23(27)31-20(22(29)26(2)3)16-9-6-5-7-10-16/h5-7,9-12,15,20H,4,8,13-14H2,1-3H3. The van der Waals surface area contributed by atoms with E-state index in [1.807, 2.05) is 37.3 Å². The summed E-state index contributed by atoms with van der Waals surface area (Å²) in [7, 11) is 3.45. The lowest BCUT2D eigenvalue weighted by atomic mass is 10.1. The van der Waals surface area contributed by atoms with Crippen molar-refractivity contribution in [3.63, 3.8) is 0 Å². The van der Waals surface area contributed by atoms with Crippen molar-refractivity contribution in [2.24, 2.45) is 0 Å². The SMILES string of the molecule is CCOCCCn1c(SC(C(=O)N(C)C)c2ccccc2)nc2cc(Cl)ccc2c1=O. The van der Waals surface area contributed by atoms with Gasteiger partial charge in [0.25, 0.3) is 5.56 Å². The molecule has 0 saturated heterocycles. The van der Waals surface area contributed by atoms with Crippen molar-refractivity contribution in [1.82, 2.24) is 14.5 Å². The van der Waals surface area contributed by atoms with Gasteiger partial charge < -0.3 is 9.64 Å². The summed E-state index contributed by atoms with van der Waals surface area (Å²) in [4.78, 5) is 32.6. The van der Waals surface area contributed by atoms with Gasteiger partial charge in [0.2, 0.25) is 5.91 Å². The third kappa shape index (κ3) is 5.67. The average molecular weight is 460 g/mol. The Kier molecular flexibility index (Phi) is 8.12. The van der Waals surface area contributed by atoms with Crippen molar-refractivity contribution in [2.75, 3.05) is 27.3 Å². The van der Waals surface area contributed by atoms with Crippen LogP contribution in [-0.4, -0.2) is 47.7 Å². The van der Waals surface area contributed by atoms with Gasteiger partial charge in [0.1, 0.15) is 5.25 Å². The molecule has 0 radical (unpaired) electrons. The monoisotopic (exact) mass is 459 g/mol. The number of thioether (sulfide) groups is 1. The summed E-state index contributed by atoms with van der Waals surface area (Å²) in [5.41, 5.74) is 1.22. The molecule has 1 amide bonds. The highest BCUT2D eigenvalue weighted by atomic mass is 35.5. The number of likely N-dealkylation sites (N-methyl/N-ethyl adjacent to an activating group) is 1. The van der Waals surface area contributed by atoms with Crippen LogP contribution in [0.15, 0.2) is 58.5 Å². The molecule has 3 rings (SSSR count). The number of aromatic nitrogens is 2. The van der Waals surface area contributed by atoms with E-state index in [0.29, 0.717) is 47.3 Å². The Labute approximate surface area is 191 Å². The molecule has 31 heavy (non-hydrogen) atoms. The van der Waals surface area contributed by atoms with E-state index in [-0.39, 0.29) is 11.5 Å². The Morgan fingerprint density at radius 2 is 1.97 bits per heavy atom. The summed E-state index contributed by atoms with van der Waals surface area (Å²) in [5, 5.41) is 0.965. The van der Waals surface area contributed by atoms with Gasteiger partial charge in [-0.15, -0.1) is 0 Å². The number of nitrogens with zero attached hydrogens (tertiary/aromatic N) is 3. The van der Waals surface area contributed by atoms with Gasteiger partial charge >= 0.3 is 0 Å². The molecule has 0 N–H and O–H groups in total. The molecule has 1 aromatic heterocycles. The largest absolute Gasteiger partial charge is 0.382 e. The van der Waals surface area contributed by atoms with Gasteiger partial charge in [0.05, 0.1) is 10.9 Å². The van der Waals surface area contributed by atoms with E-state index in [2.05, 4.69) is 0 Å². The molecule has 1 unspecified atom stereocenters. The fraction of sp³-hybridized carbons (Fsp3) is 0.348. The molecule has 6 nitrogen and oxygen atoms in total. The van der Waals surface area contributed by atoms with E-state index >= 15 is 0 Å². The number of carbonyl (C=O) groups is 1. The molecule has 0 fully saturated rings. The van der Waals surface area contributed by atoms with Crippen LogP contribution in [0.3, 0.4) is 0 Å². The van der Waals surface area contributed by atoms with E-state index < -0.39 is 5.25 Å². The topological polar surface area (TPSA) is 64.4 Å². The number of benzene rings is 2. The Morgan fingerprint density at radius 3 is 2.65 bits per heavy atom. The Morgan fingerprint density at radius 1 is 1.23 bits per heavy atom. The number of halogens is 1. The molecule has 0 aliphatic heterocycles. The maximum Gasteiger partial charge on any atom is 0.262 e. The third-order valence-corrected chi connectivity index (χ3v) is 6.21. The Hall–Kier alpha value is -2.35. The van der Waals surface area contributed by atoms with Crippen LogP contribution in [0.5, 0.6) is 0 Å². The Balaban J connectivity index is 2.08. The van der Waals surface area contributed by atoms with E-state index in [1.165, 1.54) is 11.8 Å². The van der Waals surface area contributed by atoms with Gasteiger partial charge in [-0.2, -0.15) is 0 Å². The van der Waals surface area contributed by atoms with E-state index in [0.717, 1.165) is 5.56 Å². The van der Waals surface area contributed by atoms with Crippen LogP contribution in [0.25, 0.3) is 10.9 Å². The predicted molar refractivity (Wildman–Crippen MR) is 126 cm³/mol. The third-order valence-electron chi connectivity index (χ3n) is 4.75. The van der Waals surface area contributed by atoms with Crippen LogP contribution in [0, 0.1) is 0 Å². The van der Waals surface area contributed by atoms with Crippen LogP contribution in [0.2, 0.25) is 5.02 Å². The highest BCUT2D eigenvalue weighted by molar-refractivity contribution is 8.00. The van der Waals surface area contributed by atoms with Crippen LogP contribution in [0.4, 0.5) is 0 Å². The quantitative estimate of drug-likeness (QED) is 0.269. The molecule has 2 aromatic carbocycles. The van der Waals surface area contributed by atoms with Crippen LogP contribution in [-0.2, 0) is 16.1 Å². The minimum atomic E-state index is -0.530. The summed E-state index contributed by atoms with van der Waals surface area (Å²) in [6.45, 7) is 3.55. The maximum atomic E-state index is 13.3. The predicted octanol–water partition coefficient (Wildman–Crippen LogP) is 4.40. The highest BCUT2D eigenvalue weighted by Gasteiger charge is 2.26.